The summed E-state index contributed by atoms with van der Waals surface area (Å²) in [7, 11) is 0. The van der Waals surface area contributed by atoms with Gasteiger partial charge in [0, 0.05) is 10.9 Å². The second-order valence-electron chi connectivity index (χ2n) is 4.71. The van der Waals surface area contributed by atoms with Crippen LogP contribution in [0, 0.1) is 11.3 Å². The van der Waals surface area contributed by atoms with Gasteiger partial charge in [-0.15, -0.1) is 0 Å². The molecule has 0 unspecified atom stereocenters. The second-order valence-corrected chi connectivity index (χ2v) is 4.71. The maximum absolute atomic E-state index is 9.11. The van der Waals surface area contributed by atoms with Gasteiger partial charge in [0.05, 0.1) is 0 Å². The summed E-state index contributed by atoms with van der Waals surface area (Å²) in [4.78, 5) is 0. The minimum Gasteiger partial charge on any atom is -0.445 e. The molecule has 2 heteroatoms. The minimum atomic E-state index is 0.486. The van der Waals surface area contributed by atoms with E-state index in [1.165, 1.54) is 18.4 Å². The summed E-state index contributed by atoms with van der Waals surface area (Å²) in [5, 5.41) is 10.2. The lowest BCUT2D eigenvalue weighted by atomic mass is 10.0. The topological polar surface area (TPSA) is 36.9 Å². The Morgan fingerprint density at radius 3 is 2.67 bits per heavy atom. The van der Waals surface area contributed by atoms with E-state index in [1.807, 2.05) is 6.07 Å². The molecule has 18 heavy (non-hydrogen) atoms. The van der Waals surface area contributed by atoms with Crippen molar-refractivity contribution in [3.8, 4) is 6.07 Å². The molecule has 0 aliphatic rings. The molecule has 0 bridgehead atoms. The molecule has 1 aromatic heterocycles. The largest absolute Gasteiger partial charge is 0.445 e. The van der Waals surface area contributed by atoms with E-state index in [4.69, 9.17) is 9.68 Å². The molecule has 0 aliphatic heterocycles. The molecule has 0 N–H and O–H groups in total. The van der Waals surface area contributed by atoms with Crippen LogP contribution in [-0.4, -0.2) is 0 Å². The first-order valence-corrected chi connectivity index (χ1v) is 6.74. The number of nitriles is 1. The van der Waals surface area contributed by atoms with Crippen LogP contribution < -0.4 is 0 Å². The lowest BCUT2D eigenvalue weighted by Gasteiger charge is -2.01. The van der Waals surface area contributed by atoms with Crippen molar-refractivity contribution in [1.29, 1.82) is 5.26 Å². The number of hydrogen-bond acceptors (Lipinski definition) is 2. The van der Waals surface area contributed by atoms with Gasteiger partial charge in [0.15, 0.2) is 0 Å². The molecule has 2 rings (SSSR count). The third kappa shape index (κ3) is 2.41. The van der Waals surface area contributed by atoms with Crippen LogP contribution in [0.1, 0.15) is 50.0 Å². The number of unbranched alkanes of at least 4 members (excludes halogenated alkanes) is 1. The first-order chi connectivity index (χ1) is 8.80. The second kappa shape index (κ2) is 5.73. The Hall–Kier alpha value is -1.75. The van der Waals surface area contributed by atoms with E-state index in [1.54, 1.807) is 0 Å². The molecule has 94 valence electrons. The van der Waals surface area contributed by atoms with Crippen molar-refractivity contribution in [2.75, 3.05) is 0 Å². The van der Waals surface area contributed by atoms with Crippen molar-refractivity contribution < 1.29 is 4.42 Å². The van der Waals surface area contributed by atoms with Crippen LogP contribution >= 0.6 is 0 Å². The predicted octanol–water partition coefficient (Wildman–Crippen LogP) is 4.60. The zero-order valence-electron chi connectivity index (χ0n) is 11.1. The number of nitrogens with zero attached hydrogens (tertiary/aromatic N) is 1. The molecular formula is C16H19NO. The summed E-state index contributed by atoms with van der Waals surface area (Å²) in [6, 6.07) is 8.47. The average molecular weight is 241 g/mol. The van der Waals surface area contributed by atoms with Crippen LogP contribution in [0.4, 0.5) is 0 Å². The van der Waals surface area contributed by atoms with Crippen LogP contribution in [0.15, 0.2) is 22.6 Å². The van der Waals surface area contributed by atoms with Crippen molar-refractivity contribution in [2.24, 2.45) is 0 Å². The molecule has 0 saturated carbocycles. The Morgan fingerprint density at radius 2 is 2.00 bits per heavy atom. The van der Waals surface area contributed by atoms with Gasteiger partial charge in [-0.3, -0.25) is 0 Å². The van der Waals surface area contributed by atoms with Gasteiger partial charge in [0.2, 0.25) is 5.76 Å². The van der Waals surface area contributed by atoms with Gasteiger partial charge in [-0.2, -0.15) is 5.26 Å². The standard InChI is InChI=1S/C16H19NO/c1-3-5-7-12-8-9-15-14(10-12)13(6-4-2)16(11-17)18-15/h8-10H,3-7H2,1-2H3. The minimum absolute atomic E-state index is 0.486. The normalized spacial score (nSPS) is 10.7. The number of furan rings is 1. The summed E-state index contributed by atoms with van der Waals surface area (Å²) in [5.74, 6) is 0.486. The first-order valence-electron chi connectivity index (χ1n) is 6.74. The van der Waals surface area contributed by atoms with Crippen LogP contribution in [0.25, 0.3) is 11.0 Å². The van der Waals surface area contributed by atoms with Gasteiger partial charge < -0.3 is 4.42 Å². The van der Waals surface area contributed by atoms with Gasteiger partial charge in [-0.05, 0) is 37.0 Å². The number of rotatable bonds is 5. The fourth-order valence-electron chi connectivity index (χ4n) is 2.32. The maximum atomic E-state index is 9.11. The highest BCUT2D eigenvalue weighted by molar-refractivity contribution is 5.84. The number of aryl methyl sites for hydroxylation is 2. The van der Waals surface area contributed by atoms with E-state index in [9.17, 15) is 0 Å². The Morgan fingerprint density at radius 1 is 1.17 bits per heavy atom. The molecule has 2 aromatic rings. The number of benzene rings is 1. The van der Waals surface area contributed by atoms with Crippen molar-refractivity contribution >= 4 is 11.0 Å². The zero-order valence-corrected chi connectivity index (χ0v) is 11.1. The van der Waals surface area contributed by atoms with Gasteiger partial charge in [-0.1, -0.05) is 32.8 Å². The van der Waals surface area contributed by atoms with Crippen molar-refractivity contribution in [1.82, 2.24) is 0 Å². The summed E-state index contributed by atoms with van der Waals surface area (Å²) >= 11 is 0. The number of fused-ring (bicyclic) bond motifs is 1. The van der Waals surface area contributed by atoms with E-state index in [0.717, 1.165) is 35.8 Å². The molecule has 0 spiro atoms. The Labute approximate surface area is 108 Å². The fraction of sp³-hybridized carbons (Fsp3) is 0.438. The highest BCUT2D eigenvalue weighted by Gasteiger charge is 2.13. The number of hydrogen-bond donors (Lipinski definition) is 0. The highest BCUT2D eigenvalue weighted by atomic mass is 16.3. The summed E-state index contributed by atoms with van der Waals surface area (Å²) < 4.78 is 5.60. The molecule has 0 fully saturated rings. The summed E-state index contributed by atoms with van der Waals surface area (Å²) in [5.41, 5.74) is 3.26. The molecule has 0 amide bonds. The monoisotopic (exact) mass is 241 g/mol. The van der Waals surface area contributed by atoms with E-state index in [2.05, 4.69) is 32.0 Å². The zero-order chi connectivity index (χ0) is 13.0. The molecule has 1 heterocycles. The Balaban J connectivity index is 2.46. The highest BCUT2D eigenvalue weighted by Crippen LogP contribution is 2.28. The lowest BCUT2D eigenvalue weighted by Crippen LogP contribution is -1.87. The molecule has 0 aliphatic carbocycles. The summed E-state index contributed by atoms with van der Waals surface area (Å²) in [6.07, 6.45) is 5.45. The van der Waals surface area contributed by atoms with Crippen molar-refractivity contribution in [3.63, 3.8) is 0 Å². The van der Waals surface area contributed by atoms with Gasteiger partial charge in [0.1, 0.15) is 11.7 Å². The van der Waals surface area contributed by atoms with E-state index in [-0.39, 0.29) is 0 Å². The third-order valence-electron chi connectivity index (χ3n) is 3.28. The van der Waals surface area contributed by atoms with E-state index in [0.29, 0.717) is 5.76 Å². The van der Waals surface area contributed by atoms with Crippen LogP contribution in [0.2, 0.25) is 0 Å². The average Bonchev–Trinajstić information content (AvgIpc) is 2.74. The van der Waals surface area contributed by atoms with Gasteiger partial charge in [0.25, 0.3) is 0 Å². The molecule has 0 radical (unpaired) electrons. The van der Waals surface area contributed by atoms with E-state index >= 15 is 0 Å². The quantitative estimate of drug-likeness (QED) is 0.767. The van der Waals surface area contributed by atoms with E-state index < -0.39 is 0 Å². The van der Waals surface area contributed by atoms with Crippen LogP contribution in [-0.2, 0) is 12.8 Å². The fourth-order valence-corrected chi connectivity index (χ4v) is 2.32. The molecule has 1 aromatic carbocycles. The molecule has 0 saturated heterocycles. The third-order valence-corrected chi connectivity index (χ3v) is 3.28. The SMILES string of the molecule is CCCCc1ccc2oc(C#N)c(CCC)c2c1. The Kier molecular flexibility index (Phi) is 4.04. The first kappa shape index (κ1) is 12.7. The summed E-state index contributed by atoms with van der Waals surface area (Å²) in [6.45, 7) is 4.33. The van der Waals surface area contributed by atoms with Crippen molar-refractivity contribution in [2.45, 2.75) is 46.0 Å². The molecule has 0 atom stereocenters. The lowest BCUT2D eigenvalue weighted by molar-refractivity contribution is 0.592. The van der Waals surface area contributed by atoms with Gasteiger partial charge in [-0.25, -0.2) is 0 Å². The van der Waals surface area contributed by atoms with Crippen molar-refractivity contribution in [3.05, 3.63) is 35.1 Å². The Bertz CT molecular complexity index is 575. The maximum Gasteiger partial charge on any atom is 0.207 e. The molecule has 2 nitrogen and oxygen atoms in total. The van der Waals surface area contributed by atoms with Gasteiger partial charge >= 0.3 is 0 Å². The predicted molar refractivity (Wildman–Crippen MR) is 73.5 cm³/mol. The molecular weight excluding hydrogens is 222 g/mol. The smallest absolute Gasteiger partial charge is 0.207 e. The van der Waals surface area contributed by atoms with Crippen LogP contribution in [0.5, 0.6) is 0 Å². The van der Waals surface area contributed by atoms with Crippen LogP contribution in [0.3, 0.4) is 0 Å².